The van der Waals surface area contributed by atoms with Crippen LogP contribution in [0.15, 0.2) is 78.5 Å². The van der Waals surface area contributed by atoms with Crippen LogP contribution in [0.3, 0.4) is 0 Å². The van der Waals surface area contributed by atoms with Crippen molar-refractivity contribution in [3.05, 3.63) is 99.6 Å². The zero-order valence-electron chi connectivity index (χ0n) is 14.2. The van der Waals surface area contributed by atoms with Gasteiger partial charge in [0.05, 0.1) is 17.6 Å². The summed E-state index contributed by atoms with van der Waals surface area (Å²) in [4.78, 5) is 4.06. The van der Waals surface area contributed by atoms with Crippen LogP contribution in [-0.4, -0.2) is 13.4 Å². The lowest BCUT2D eigenvalue weighted by Gasteiger charge is -2.23. The predicted octanol–water partition coefficient (Wildman–Crippen LogP) is 5.40. The molecule has 0 saturated heterocycles. The van der Waals surface area contributed by atoms with Gasteiger partial charge in [0.2, 0.25) is 0 Å². The third-order valence-electron chi connectivity index (χ3n) is 3.77. The fourth-order valence-electron chi connectivity index (χ4n) is 2.40. The second kappa shape index (κ2) is 8.57. The first-order valence-corrected chi connectivity index (χ1v) is 10.3. The zero-order chi connectivity index (χ0) is 19.3. The topological polar surface area (TPSA) is 50.3 Å². The van der Waals surface area contributed by atoms with Crippen molar-refractivity contribution in [1.82, 2.24) is 4.98 Å². The first kappa shape index (κ1) is 19.4. The highest BCUT2D eigenvalue weighted by Gasteiger charge is 2.20. The summed E-state index contributed by atoms with van der Waals surface area (Å²) in [5.74, 6) is 0. The number of sulfonamides is 1. The number of anilines is 1. The van der Waals surface area contributed by atoms with E-state index in [0.29, 0.717) is 15.7 Å². The van der Waals surface area contributed by atoms with Crippen LogP contribution in [0.1, 0.15) is 11.1 Å². The Balaban J connectivity index is 1.94. The normalized spacial score (nSPS) is 11.6. The number of benzene rings is 2. The van der Waals surface area contributed by atoms with Gasteiger partial charge in [-0.3, -0.25) is 9.29 Å². The summed E-state index contributed by atoms with van der Waals surface area (Å²) in [6.07, 6.45) is 4.82. The quantitative estimate of drug-likeness (QED) is 0.538. The van der Waals surface area contributed by atoms with Crippen molar-refractivity contribution >= 4 is 45.0 Å². The highest BCUT2D eigenvalue weighted by molar-refractivity contribution is 7.95. The predicted molar refractivity (Wildman–Crippen MR) is 111 cm³/mol. The number of aromatic nitrogens is 1. The molecule has 138 valence electrons. The van der Waals surface area contributed by atoms with Gasteiger partial charge in [0.25, 0.3) is 10.0 Å². The second-order valence-corrected chi connectivity index (χ2v) is 8.36. The van der Waals surface area contributed by atoms with Crippen molar-refractivity contribution in [2.45, 2.75) is 6.54 Å². The molecule has 27 heavy (non-hydrogen) atoms. The Morgan fingerprint density at radius 2 is 1.56 bits per heavy atom. The number of pyridine rings is 1. The fraction of sp³-hybridized carbons (Fsp3) is 0.0500. The maximum absolute atomic E-state index is 13.0. The van der Waals surface area contributed by atoms with E-state index in [1.54, 1.807) is 67.0 Å². The number of hydrogen-bond donors (Lipinski definition) is 0. The van der Waals surface area contributed by atoms with Crippen LogP contribution in [0.25, 0.3) is 6.08 Å². The fourth-order valence-corrected chi connectivity index (χ4v) is 3.88. The number of nitrogens with zero attached hydrogens (tertiary/aromatic N) is 2. The molecular formula is C20H16Cl2N2O2S. The zero-order valence-corrected chi connectivity index (χ0v) is 16.5. The van der Waals surface area contributed by atoms with Gasteiger partial charge in [0.1, 0.15) is 0 Å². The smallest absolute Gasteiger partial charge is 0.257 e. The van der Waals surface area contributed by atoms with E-state index in [2.05, 4.69) is 4.98 Å². The summed E-state index contributed by atoms with van der Waals surface area (Å²) >= 11 is 11.8. The van der Waals surface area contributed by atoms with Crippen LogP contribution in [0.4, 0.5) is 5.69 Å². The van der Waals surface area contributed by atoms with E-state index in [4.69, 9.17) is 23.2 Å². The lowest BCUT2D eigenvalue weighted by atomic mass is 10.2. The average Bonchev–Trinajstić information content (AvgIpc) is 2.67. The van der Waals surface area contributed by atoms with Gasteiger partial charge in [-0.2, -0.15) is 0 Å². The molecule has 7 heteroatoms. The van der Waals surface area contributed by atoms with E-state index in [1.165, 1.54) is 15.8 Å². The summed E-state index contributed by atoms with van der Waals surface area (Å²) in [5, 5.41) is 2.31. The van der Waals surface area contributed by atoms with Crippen molar-refractivity contribution in [1.29, 1.82) is 0 Å². The van der Waals surface area contributed by atoms with E-state index < -0.39 is 10.0 Å². The summed E-state index contributed by atoms with van der Waals surface area (Å²) in [6.45, 7) is 0.156. The summed E-state index contributed by atoms with van der Waals surface area (Å²) in [7, 11) is -3.75. The number of halogens is 2. The maximum Gasteiger partial charge on any atom is 0.257 e. The van der Waals surface area contributed by atoms with Crippen molar-refractivity contribution < 1.29 is 8.42 Å². The van der Waals surface area contributed by atoms with Gasteiger partial charge in [-0.25, -0.2) is 8.42 Å². The monoisotopic (exact) mass is 418 g/mol. The highest BCUT2D eigenvalue weighted by Crippen LogP contribution is 2.24. The molecule has 1 heterocycles. The molecule has 0 bridgehead atoms. The van der Waals surface area contributed by atoms with Crippen molar-refractivity contribution in [2.75, 3.05) is 4.31 Å². The molecule has 4 nitrogen and oxygen atoms in total. The van der Waals surface area contributed by atoms with Crippen LogP contribution in [0.5, 0.6) is 0 Å². The second-order valence-electron chi connectivity index (χ2n) is 5.74. The Bertz CT molecular complexity index is 1020. The maximum atomic E-state index is 13.0. The van der Waals surface area contributed by atoms with Crippen LogP contribution in [-0.2, 0) is 16.6 Å². The molecule has 0 radical (unpaired) electrons. The van der Waals surface area contributed by atoms with Crippen LogP contribution in [0, 0.1) is 0 Å². The molecular weight excluding hydrogens is 403 g/mol. The molecule has 3 aromatic rings. The third kappa shape index (κ3) is 5.32. The highest BCUT2D eigenvalue weighted by atomic mass is 35.5. The minimum atomic E-state index is -3.75. The first-order valence-electron chi connectivity index (χ1n) is 8.05. The van der Waals surface area contributed by atoms with Gasteiger partial charge in [-0.15, -0.1) is 0 Å². The molecule has 0 saturated carbocycles. The van der Waals surface area contributed by atoms with Crippen molar-refractivity contribution in [3.8, 4) is 0 Å². The summed E-state index contributed by atoms with van der Waals surface area (Å²) < 4.78 is 27.4. The molecule has 0 aliphatic carbocycles. The molecule has 3 rings (SSSR count). The summed E-state index contributed by atoms with van der Waals surface area (Å²) in [5.41, 5.74) is 2.03. The molecule has 0 N–H and O–H groups in total. The van der Waals surface area contributed by atoms with Gasteiger partial charge in [0, 0.05) is 22.4 Å². The largest absolute Gasteiger partial charge is 0.264 e. The van der Waals surface area contributed by atoms with Gasteiger partial charge in [-0.05, 0) is 59.7 Å². The molecule has 2 aromatic carbocycles. The van der Waals surface area contributed by atoms with Crippen LogP contribution >= 0.6 is 23.2 Å². The number of rotatable bonds is 6. The van der Waals surface area contributed by atoms with Gasteiger partial charge >= 0.3 is 0 Å². The minimum absolute atomic E-state index is 0.156. The molecule has 0 aliphatic rings. The average molecular weight is 419 g/mol. The van der Waals surface area contributed by atoms with E-state index >= 15 is 0 Å². The lowest BCUT2D eigenvalue weighted by molar-refractivity contribution is 0.599. The Morgan fingerprint density at radius 3 is 2.15 bits per heavy atom. The van der Waals surface area contributed by atoms with Crippen LogP contribution in [0.2, 0.25) is 10.0 Å². The lowest BCUT2D eigenvalue weighted by Crippen LogP contribution is -2.28. The van der Waals surface area contributed by atoms with Gasteiger partial charge < -0.3 is 0 Å². The molecule has 0 atom stereocenters. The Kier molecular flexibility index (Phi) is 6.16. The van der Waals surface area contributed by atoms with Gasteiger partial charge in [-0.1, -0.05) is 41.4 Å². The van der Waals surface area contributed by atoms with Gasteiger partial charge in [0.15, 0.2) is 0 Å². The van der Waals surface area contributed by atoms with E-state index in [9.17, 15) is 8.42 Å². The number of hydrogen-bond acceptors (Lipinski definition) is 3. The molecule has 0 fully saturated rings. The SMILES string of the molecule is O=S(=O)(/C=C/c1ccc(Cl)cc1)N(Cc1cccnc1)c1ccc(Cl)cc1. The summed E-state index contributed by atoms with van der Waals surface area (Å²) in [6, 6.07) is 17.2. The third-order valence-corrected chi connectivity index (χ3v) is 5.71. The minimum Gasteiger partial charge on any atom is -0.264 e. The molecule has 1 aromatic heterocycles. The molecule has 0 amide bonds. The first-order chi connectivity index (χ1) is 12.9. The Labute approximate surface area is 168 Å². The van der Waals surface area contributed by atoms with E-state index in [0.717, 1.165) is 11.1 Å². The van der Waals surface area contributed by atoms with E-state index in [1.807, 2.05) is 6.07 Å². The van der Waals surface area contributed by atoms with Crippen molar-refractivity contribution in [3.63, 3.8) is 0 Å². The Morgan fingerprint density at radius 1 is 0.926 bits per heavy atom. The molecule has 0 unspecified atom stereocenters. The molecule has 0 spiro atoms. The van der Waals surface area contributed by atoms with E-state index in [-0.39, 0.29) is 6.54 Å². The standard InChI is InChI=1S/C20H16Cl2N2O2S/c21-18-5-3-16(4-6-18)11-13-27(25,26)24(15-17-2-1-12-23-14-17)20-9-7-19(22)8-10-20/h1-14H,15H2/b13-11+. The van der Waals surface area contributed by atoms with Crippen molar-refractivity contribution in [2.24, 2.45) is 0 Å². The Hall–Kier alpha value is -2.34. The molecule has 0 aliphatic heterocycles. The van der Waals surface area contributed by atoms with Crippen LogP contribution < -0.4 is 4.31 Å².